The summed E-state index contributed by atoms with van der Waals surface area (Å²) < 4.78 is 1.86. The molecule has 1 N–H and O–H groups in total. The maximum absolute atomic E-state index is 12.5. The number of benzene rings is 2. The van der Waals surface area contributed by atoms with E-state index in [0.717, 1.165) is 24.9 Å². The Morgan fingerprint density at radius 2 is 1.79 bits per heavy atom. The van der Waals surface area contributed by atoms with Gasteiger partial charge in [-0.05, 0) is 42.8 Å². The van der Waals surface area contributed by atoms with E-state index in [1.807, 2.05) is 34.9 Å². The van der Waals surface area contributed by atoms with Crippen molar-refractivity contribution < 1.29 is 9.59 Å². The molecule has 1 aromatic heterocycles. The molecule has 7 heteroatoms. The lowest BCUT2D eigenvalue weighted by Crippen LogP contribution is -2.11. The van der Waals surface area contributed by atoms with Gasteiger partial charge in [0.15, 0.2) is 10.9 Å². The molecule has 0 radical (unpaired) electrons. The average molecular weight is 409 g/mol. The summed E-state index contributed by atoms with van der Waals surface area (Å²) in [5.74, 6) is 0.264. The number of carbonyl (C=O) groups excluding carboxylic acids is 2. The molecule has 0 unspecified atom stereocenters. The quantitative estimate of drug-likeness (QED) is 0.297. The van der Waals surface area contributed by atoms with E-state index in [4.69, 9.17) is 0 Å². The maximum atomic E-state index is 12.5. The van der Waals surface area contributed by atoms with Gasteiger partial charge in [0.1, 0.15) is 6.33 Å². The van der Waals surface area contributed by atoms with E-state index in [9.17, 15) is 9.59 Å². The van der Waals surface area contributed by atoms with Gasteiger partial charge in [0.25, 0.3) is 0 Å². The molecule has 0 atom stereocenters. The first-order valence-corrected chi connectivity index (χ1v) is 10.7. The fourth-order valence-electron chi connectivity index (χ4n) is 2.80. The summed E-state index contributed by atoms with van der Waals surface area (Å²) in [5.41, 5.74) is 2.26. The minimum Gasteiger partial charge on any atom is -0.326 e. The van der Waals surface area contributed by atoms with Gasteiger partial charge in [-0.3, -0.25) is 14.2 Å². The third-order valence-corrected chi connectivity index (χ3v) is 5.32. The van der Waals surface area contributed by atoms with Gasteiger partial charge in [0, 0.05) is 23.4 Å². The van der Waals surface area contributed by atoms with Gasteiger partial charge in [-0.2, -0.15) is 0 Å². The van der Waals surface area contributed by atoms with Crippen LogP contribution in [0.5, 0.6) is 0 Å². The lowest BCUT2D eigenvalue weighted by molar-refractivity contribution is -0.116. The van der Waals surface area contributed by atoms with Crippen molar-refractivity contribution in [2.45, 2.75) is 37.8 Å². The first-order chi connectivity index (χ1) is 14.2. The second-order valence-electron chi connectivity index (χ2n) is 6.61. The molecule has 0 fully saturated rings. The number of para-hydroxylation sites is 1. The highest BCUT2D eigenvalue weighted by Gasteiger charge is 2.12. The Morgan fingerprint density at radius 1 is 1.03 bits per heavy atom. The Morgan fingerprint density at radius 3 is 2.52 bits per heavy atom. The highest BCUT2D eigenvalue weighted by Crippen LogP contribution is 2.21. The van der Waals surface area contributed by atoms with Gasteiger partial charge in [0.2, 0.25) is 5.91 Å². The van der Waals surface area contributed by atoms with Crippen molar-refractivity contribution in [1.82, 2.24) is 14.8 Å². The van der Waals surface area contributed by atoms with Crippen molar-refractivity contribution in [3.63, 3.8) is 0 Å². The molecule has 0 bridgehead atoms. The molecule has 0 aliphatic carbocycles. The van der Waals surface area contributed by atoms with Crippen LogP contribution < -0.4 is 5.32 Å². The summed E-state index contributed by atoms with van der Waals surface area (Å²) in [7, 11) is 0. The fraction of sp³-hybridized carbons (Fsp3) is 0.273. The Hall–Kier alpha value is -2.93. The predicted molar refractivity (Wildman–Crippen MR) is 116 cm³/mol. The number of anilines is 1. The first-order valence-electron chi connectivity index (χ1n) is 9.68. The number of hydrogen-bond acceptors (Lipinski definition) is 5. The van der Waals surface area contributed by atoms with Crippen LogP contribution in [0.3, 0.4) is 0 Å². The lowest BCUT2D eigenvalue weighted by Gasteiger charge is -2.07. The van der Waals surface area contributed by atoms with E-state index < -0.39 is 0 Å². The minimum absolute atomic E-state index is 0.00145. The molecule has 0 aliphatic rings. The minimum atomic E-state index is -0.00145. The standard InChI is InChI=1S/C22H24N4O2S/c1-2-3-5-10-21(28)24-18-13-11-17(12-14-18)20(27)15-29-22-25-23-16-26(22)19-8-6-4-7-9-19/h4,6-9,11-14,16H,2-3,5,10,15H2,1H3,(H,24,28). The number of ketones is 1. The molecule has 1 heterocycles. The number of aromatic nitrogens is 3. The third kappa shape index (κ3) is 6.02. The second kappa shape index (κ2) is 10.6. The molecular weight excluding hydrogens is 384 g/mol. The van der Waals surface area contributed by atoms with Crippen molar-refractivity contribution in [1.29, 1.82) is 0 Å². The van der Waals surface area contributed by atoms with E-state index in [-0.39, 0.29) is 17.4 Å². The lowest BCUT2D eigenvalue weighted by atomic mass is 10.1. The zero-order valence-corrected chi connectivity index (χ0v) is 17.2. The summed E-state index contributed by atoms with van der Waals surface area (Å²) in [6.07, 6.45) is 5.19. The molecule has 1 amide bonds. The number of rotatable bonds is 10. The summed E-state index contributed by atoms with van der Waals surface area (Å²) in [6.45, 7) is 2.11. The summed E-state index contributed by atoms with van der Waals surface area (Å²) >= 11 is 1.35. The number of Topliss-reactive ketones (excluding diaryl/α,β-unsaturated/α-hetero) is 1. The smallest absolute Gasteiger partial charge is 0.224 e. The van der Waals surface area contributed by atoms with E-state index in [1.54, 1.807) is 30.6 Å². The largest absolute Gasteiger partial charge is 0.326 e. The van der Waals surface area contributed by atoms with Gasteiger partial charge in [0.05, 0.1) is 5.75 Å². The SMILES string of the molecule is CCCCCC(=O)Nc1ccc(C(=O)CSc2nncn2-c2ccccc2)cc1. The Kier molecular flexibility index (Phi) is 7.58. The van der Waals surface area contributed by atoms with Gasteiger partial charge in [-0.25, -0.2) is 0 Å². The van der Waals surface area contributed by atoms with Crippen LogP contribution in [0.4, 0.5) is 5.69 Å². The van der Waals surface area contributed by atoms with Gasteiger partial charge >= 0.3 is 0 Å². The number of nitrogens with one attached hydrogen (secondary N) is 1. The Balaban J connectivity index is 1.54. The van der Waals surface area contributed by atoms with Crippen LogP contribution in [0.2, 0.25) is 0 Å². The monoisotopic (exact) mass is 408 g/mol. The molecule has 0 saturated heterocycles. The molecule has 0 spiro atoms. The average Bonchev–Trinajstić information content (AvgIpc) is 3.22. The molecule has 0 saturated carbocycles. The van der Waals surface area contributed by atoms with Crippen molar-refractivity contribution in [3.05, 3.63) is 66.5 Å². The molecule has 6 nitrogen and oxygen atoms in total. The Labute approximate surface area is 174 Å². The zero-order valence-electron chi connectivity index (χ0n) is 16.4. The van der Waals surface area contributed by atoms with Crippen LogP contribution >= 0.6 is 11.8 Å². The van der Waals surface area contributed by atoms with Crippen LogP contribution in [0.1, 0.15) is 43.0 Å². The van der Waals surface area contributed by atoms with Crippen molar-refractivity contribution in [3.8, 4) is 5.69 Å². The maximum Gasteiger partial charge on any atom is 0.224 e. The number of thioether (sulfide) groups is 1. The highest BCUT2D eigenvalue weighted by atomic mass is 32.2. The highest BCUT2D eigenvalue weighted by molar-refractivity contribution is 7.99. The number of carbonyl (C=O) groups is 2. The number of amides is 1. The summed E-state index contributed by atoms with van der Waals surface area (Å²) in [4.78, 5) is 24.4. The van der Waals surface area contributed by atoms with Crippen LogP contribution in [-0.4, -0.2) is 32.2 Å². The summed E-state index contributed by atoms with van der Waals surface area (Å²) in [5, 5.41) is 11.6. The van der Waals surface area contributed by atoms with E-state index in [0.29, 0.717) is 22.8 Å². The van der Waals surface area contributed by atoms with Crippen molar-refractivity contribution in [2.24, 2.45) is 0 Å². The van der Waals surface area contributed by atoms with Crippen LogP contribution in [0.25, 0.3) is 5.69 Å². The molecule has 150 valence electrons. The molecule has 3 aromatic rings. The topological polar surface area (TPSA) is 76.9 Å². The second-order valence-corrected chi connectivity index (χ2v) is 7.56. The normalized spacial score (nSPS) is 10.7. The van der Waals surface area contributed by atoms with Crippen molar-refractivity contribution in [2.75, 3.05) is 11.1 Å². The van der Waals surface area contributed by atoms with Crippen LogP contribution in [0, 0.1) is 0 Å². The molecule has 0 aliphatic heterocycles. The van der Waals surface area contributed by atoms with Gasteiger partial charge in [-0.15, -0.1) is 10.2 Å². The van der Waals surface area contributed by atoms with Crippen LogP contribution in [0.15, 0.2) is 66.1 Å². The van der Waals surface area contributed by atoms with Gasteiger partial charge < -0.3 is 5.32 Å². The van der Waals surface area contributed by atoms with E-state index >= 15 is 0 Å². The van der Waals surface area contributed by atoms with Crippen LogP contribution in [-0.2, 0) is 4.79 Å². The molecule has 3 rings (SSSR count). The number of unbranched alkanes of at least 4 members (excludes halogenated alkanes) is 2. The van der Waals surface area contributed by atoms with E-state index in [1.165, 1.54) is 11.8 Å². The summed E-state index contributed by atoms with van der Waals surface area (Å²) in [6, 6.07) is 16.8. The molecular formula is C22H24N4O2S. The van der Waals surface area contributed by atoms with Gasteiger partial charge in [-0.1, -0.05) is 49.7 Å². The Bertz CT molecular complexity index is 939. The predicted octanol–water partition coefficient (Wildman–Crippen LogP) is 4.76. The molecule has 2 aromatic carbocycles. The van der Waals surface area contributed by atoms with Crippen molar-refractivity contribution >= 4 is 29.1 Å². The first kappa shape index (κ1) is 20.8. The zero-order chi connectivity index (χ0) is 20.5. The molecule has 29 heavy (non-hydrogen) atoms. The fourth-order valence-corrected chi connectivity index (χ4v) is 3.62. The van der Waals surface area contributed by atoms with E-state index in [2.05, 4.69) is 22.4 Å². The third-order valence-electron chi connectivity index (χ3n) is 4.38. The number of nitrogens with zero attached hydrogens (tertiary/aromatic N) is 3. The number of hydrogen-bond donors (Lipinski definition) is 1.